The summed E-state index contributed by atoms with van der Waals surface area (Å²) in [5, 5.41) is 3.75. The van der Waals surface area contributed by atoms with Crippen LogP contribution in [-0.2, 0) is 0 Å². The Hall–Kier alpha value is -2.55. The summed E-state index contributed by atoms with van der Waals surface area (Å²) in [5.41, 5.74) is 8.33. The van der Waals surface area contributed by atoms with E-state index in [1.165, 1.54) is 0 Å². The SMILES string of the molecule is COc1ccc(OCC(C)N(C)c2ccc(N=[NH2+])c(C)c2)cc1.F[P-](F)(F)(F)(F)F. The summed E-state index contributed by atoms with van der Waals surface area (Å²) in [6.45, 7) is 4.71. The van der Waals surface area contributed by atoms with Crippen LogP contribution in [0.2, 0.25) is 0 Å². The third-order valence-corrected chi connectivity index (χ3v) is 3.94. The second-order valence-electron chi connectivity index (χ2n) is 6.50. The van der Waals surface area contributed by atoms with Gasteiger partial charge in [0, 0.05) is 12.7 Å². The molecule has 1 unspecified atom stereocenters. The van der Waals surface area contributed by atoms with Crippen molar-refractivity contribution in [2.24, 2.45) is 5.11 Å². The van der Waals surface area contributed by atoms with Crippen molar-refractivity contribution in [1.29, 1.82) is 0 Å². The van der Waals surface area contributed by atoms with Gasteiger partial charge in [-0.25, -0.2) is 0 Å². The Kier molecular flexibility index (Phi) is 7.37. The molecule has 0 bridgehead atoms. The number of aryl methyl sites for hydroxylation is 1. The van der Waals surface area contributed by atoms with Crippen LogP contribution in [-0.4, -0.2) is 26.8 Å². The molecule has 0 aliphatic heterocycles. The van der Waals surface area contributed by atoms with E-state index in [9.17, 15) is 25.2 Å². The van der Waals surface area contributed by atoms with Crippen LogP contribution in [0.3, 0.4) is 0 Å². The van der Waals surface area contributed by atoms with Crippen molar-refractivity contribution >= 4 is 19.2 Å². The van der Waals surface area contributed by atoms with E-state index in [2.05, 4.69) is 30.1 Å². The van der Waals surface area contributed by atoms with Gasteiger partial charge in [0.2, 0.25) is 0 Å². The molecule has 0 radical (unpaired) electrons. The number of benzene rings is 2. The molecule has 2 aromatic carbocycles. The van der Waals surface area contributed by atoms with Gasteiger partial charge in [-0.15, -0.1) is 0 Å². The van der Waals surface area contributed by atoms with Crippen LogP contribution < -0.4 is 19.9 Å². The Morgan fingerprint density at radius 1 is 1.00 bits per heavy atom. The Bertz CT molecular complexity index is 849. The molecule has 1 atom stereocenters. The fraction of sp³-hybridized carbons (Fsp3) is 0.333. The molecule has 2 rings (SSSR count). The first kappa shape index (κ1) is 25.5. The second-order valence-corrected chi connectivity index (χ2v) is 8.42. The van der Waals surface area contributed by atoms with Crippen LogP contribution in [0.15, 0.2) is 47.6 Å². The summed E-state index contributed by atoms with van der Waals surface area (Å²) in [7, 11) is -6.95. The van der Waals surface area contributed by atoms with E-state index >= 15 is 0 Å². The summed E-state index contributed by atoms with van der Waals surface area (Å²) < 4.78 is 70.2. The molecule has 0 spiro atoms. The van der Waals surface area contributed by atoms with Crippen LogP contribution in [0.4, 0.5) is 36.6 Å². The number of nitrogens with zero attached hydrogens (tertiary/aromatic N) is 2. The van der Waals surface area contributed by atoms with Crippen LogP contribution >= 0.6 is 7.81 Å². The van der Waals surface area contributed by atoms with Gasteiger partial charge in [0.1, 0.15) is 23.8 Å². The Balaban J connectivity index is 0.000000553. The summed E-state index contributed by atoms with van der Waals surface area (Å²) >= 11 is 0. The molecule has 12 heteroatoms. The number of halogens is 6. The van der Waals surface area contributed by atoms with Crippen molar-refractivity contribution in [3.05, 3.63) is 48.0 Å². The van der Waals surface area contributed by atoms with Gasteiger partial charge in [-0.05, 0) is 67.0 Å². The van der Waals surface area contributed by atoms with Gasteiger partial charge in [-0.1, -0.05) is 0 Å². The van der Waals surface area contributed by atoms with Gasteiger partial charge >= 0.3 is 33.0 Å². The van der Waals surface area contributed by atoms with Gasteiger partial charge in [0.25, 0.3) is 0 Å². The monoisotopic (exact) mass is 459 g/mol. The zero-order chi connectivity index (χ0) is 23.2. The minimum atomic E-state index is -10.7. The van der Waals surface area contributed by atoms with E-state index in [0.29, 0.717) is 6.61 Å². The normalized spacial score (nSPS) is 14.3. The molecule has 0 heterocycles. The van der Waals surface area contributed by atoms with Gasteiger partial charge in [0.05, 0.1) is 13.2 Å². The van der Waals surface area contributed by atoms with Crippen molar-refractivity contribution < 1.29 is 40.2 Å². The number of hydrogen-bond acceptors (Lipinski definition) is 4. The molecule has 0 saturated carbocycles. The number of nitrogens with two attached hydrogens (primary N) is 1. The fourth-order valence-electron chi connectivity index (χ4n) is 2.26. The van der Waals surface area contributed by atoms with Crippen LogP contribution in [0, 0.1) is 6.92 Å². The third kappa shape index (κ3) is 10.8. The molecule has 5 nitrogen and oxygen atoms in total. The van der Waals surface area contributed by atoms with E-state index in [-0.39, 0.29) is 6.04 Å². The first-order valence-electron chi connectivity index (χ1n) is 8.58. The molecule has 170 valence electrons. The van der Waals surface area contributed by atoms with Gasteiger partial charge in [-0.3, -0.25) is 0 Å². The molecular weight excluding hydrogens is 435 g/mol. The second kappa shape index (κ2) is 8.67. The predicted molar refractivity (Wildman–Crippen MR) is 105 cm³/mol. The van der Waals surface area contributed by atoms with E-state index in [1.807, 2.05) is 43.3 Å². The molecule has 2 N–H and O–H groups in total. The Labute approximate surface area is 170 Å². The van der Waals surface area contributed by atoms with Crippen LogP contribution in [0.5, 0.6) is 11.5 Å². The topological polar surface area (TPSA) is 59.7 Å². The van der Waals surface area contributed by atoms with Crippen molar-refractivity contribution in [2.75, 3.05) is 25.7 Å². The molecular formula is C18H24F6N3O2P. The number of ether oxygens (including phenoxy) is 2. The van der Waals surface area contributed by atoms with Gasteiger partial charge in [-0.2, -0.15) is 5.53 Å². The molecule has 0 saturated heterocycles. The minimum absolute atomic E-state index is 0.220. The number of methoxy groups -OCH3 is 1. The number of anilines is 1. The van der Waals surface area contributed by atoms with Crippen LogP contribution in [0.1, 0.15) is 12.5 Å². The zero-order valence-corrected chi connectivity index (χ0v) is 17.7. The summed E-state index contributed by atoms with van der Waals surface area (Å²) in [6.07, 6.45) is 0. The maximum atomic E-state index is 9.87. The Morgan fingerprint density at radius 3 is 1.93 bits per heavy atom. The molecule has 0 aromatic heterocycles. The Morgan fingerprint density at radius 2 is 1.50 bits per heavy atom. The predicted octanol–water partition coefficient (Wildman–Crippen LogP) is 6.13. The van der Waals surface area contributed by atoms with Gasteiger partial charge in [0.15, 0.2) is 0 Å². The first-order valence-corrected chi connectivity index (χ1v) is 10.6. The number of likely N-dealkylation sites (N-methyl/N-ethyl adjacent to an activating group) is 1. The van der Waals surface area contributed by atoms with E-state index in [1.54, 1.807) is 7.11 Å². The van der Waals surface area contributed by atoms with Crippen molar-refractivity contribution in [3.63, 3.8) is 0 Å². The quantitative estimate of drug-likeness (QED) is 0.308. The van der Waals surface area contributed by atoms with Crippen molar-refractivity contribution in [1.82, 2.24) is 0 Å². The molecule has 0 amide bonds. The van der Waals surface area contributed by atoms with Crippen molar-refractivity contribution in [2.45, 2.75) is 19.9 Å². The molecule has 2 aromatic rings. The average Bonchev–Trinajstić information content (AvgIpc) is 2.63. The van der Waals surface area contributed by atoms with Gasteiger partial charge < -0.3 is 14.4 Å². The summed E-state index contributed by atoms with van der Waals surface area (Å²) in [5.74, 6) is 1.66. The molecule has 30 heavy (non-hydrogen) atoms. The average molecular weight is 459 g/mol. The van der Waals surface area contributed by atoms with Crippen molar-refractivity contribution in [3.8, 4) is 11.5 Å². The van der Waals surface area contributed by atoms with E-state index < -0.39 is 7.81 Å². The summed E-state index contributed by atoms with van der Waals surface area (Å²) in [6, 6.07) is 13.8. The zero-order valence-electron chi connectivity index (χ0n) is 16.8. The fourth-order valence-corrected chi connectivity index (χ4v) is 2.26. The molecule has 0 aliphatic carbocycles. The maximum absolute atomic E-state index is 10.7. The first-order chi connectivity index (χ1) is 13.5. The molecule has 0 fully saturated rings. The van der Waals surface area contributed by atoms with E-state index in [4.69, 9.17) is 15.0 Å². The standard InChI is InChI=1S/C18H23N3O2.F6P/c1-13-11-15(5-10-18(13)20-19)21(3)14(2)12-23-17-8-6-16(22-4)7-9-17;1-7(2,3,4,5)6/h5-11,14,19H,12H2,1-4H3;/q;-1/p+1. The summed E-state index contributed by atoms with van der Waals surface area (Å²) in [4.78, 5) is 2.18. The third-order valence-electron chi connectivity index (χ3n) is 3.94. The number of hydrogen-bond donors (Lipinski definition) is 1. The number of rotatable bonds is 7. The molecule has 0 aliphatic rings. The van der Waals surface area contributed by atoms with E-state index in [0.717, 1.165) is 28.4 Å². The van der Waals surface area contributed by atoms with Crippen LogP contribution in [0.25, 0.3) is 0 Å².